The minimum atomic E-state index is -2.88. The van der Waals surface area contributed by atoms with Crippen molar-refractivity contribution in [3.05, 3.63) is 307 Å². The topological polar surface area (TPSA) is 40.3 Å². The average molecular weight is 1010 g/mol. The van der Waals surface area contributed by atoms with Crippen LogP contribution in [0, 0.1) is 0 Å². The highest BCUT2D eigenvalue weighted by Crippen LogP contribution is 2.65. The van der Waals surface area contributed by atoms with E-state index in [0.29, 0.717) is 18.5 Å². The monoisotopic (exact) mass is 1010 g/mol. The maximum atomic E-state index is 6.43. The Labute approximate surface area is 437 Å². The van der Waals surface area contributed by atoms with E-state index in [1.54, 1.807) is 0 Å². The van der Waals surface area contributed by atoms with Gasteiger partial charge < -0.3 is 0 Å². The zero-order valence-electron chi connectivity index (χ0n) is 41.5. The van der Waals surface area contributed by atoms with Crippen LogP contribution in [0.5, 0.6) is 0 Å². The molecular weight excluding hydrogens is 954 g/mol. The van der Waals surface area contributed by atoms with Gasteiger partial charge in [-0.2, -0.15) is 0 Å². The molecule has 13 rings (SSSR count). The molecule has 0 fully saturated rings. The first-order valence-corrected chi connectivity index (χ1v) is 31.5. The summed E-state index contributed by atoms with van der Waals surface area (Å²) in [5, 5.41) is 7.51. The van der Waals surface area contributed by atoms with Crippen molar-refractivity contribution in [2.45, 2.75) is 25.0 Å². The van der Waals surface area contributed by atoms with E-state index in [1.807, 2.05) is 0 Å². The van der Waals surface area contributed by atoms with Gasteiger partial charge in [0.2, 0.25) is 0 Å². The largest absolute Gasteiger partial charge is 0.291 e. The van der Waals surface area contributed by atoms with Gasteiger partial charge in [0.1, 0.15) is 0 Å². The van der Waals surface area contributed by atoms with Gasteiger partial charge in [-0.1, -0.05) is 249 Å². The third-order valence-electron chi connectivity index (χ3n) is 14.9. The molecule has 74 heavy (non-hydrogen) atoms. The fourth-order valence-corrected chi connectivity index (χ4v) is 24.5. The summed E-state index contributed by atoms with van der Waals surface area (Å²) in [7, 11) is -8.64. The number of hydrogen-bond acceptors (Lipinski definition) is 4. The molecule has 0 aromatic heterocycles. The standard InChI is InChI=1S/C67H59N4P3/c1-8-28-57(29-9-1)67-51-72(61-33-10-2-11-34-61,62-35-12-3-13-36-62)68-58-30-22-25-54(45-58)48-71(49-55-26-23-31-59(46-55)69-73(52-67,63-37-14-4-15-38-63)64-39-16-5-17-40-64)50-56-27-24-32-60(47-56)70-74(53-67,65-41-18-6-19-42-65)66-43-20-7-21-44-66/h1-47H,48-53H2. The van der Waals surface area contributed by atoms with Crippen LogP contribution >= 0.6 is 21.2 Å². The maximum absolute atomic E-state index is 6.43. The number of hydrogen-bond donors (Lipinski definition) is 0. The van der Waals surface area contributed by atoms with Crippen LogP contribution in [-0.4, -0.2) is 23.4 Å². The van der Waals surface area contributed by atoms with Gasteiger partial charge in [0.25, 0.3) is 0 Å². The highest BCUT2D eigenvalue weighted by atomic mass is 31.2. The number of rotatable bonds is 7. The first-order chi connectivity index (χ1) is 36.5. The molecule has 3 heterocycles. The Balaban J connectivity index is 1.34. The van der Waals surface area contributed by atoms with Gasteiger partial charge in [0.15, 0.2) is 0 Å². The molecule has 3 aliphatic rings. The Bertz CT molecular complexity index is 3210. The second-order valence-electron chi connectivity index (χ2n) is 19.9. The SMILES string of the molecule is c1ccc(C23CP(c4ccccc4)(c4ccccc4)=Nc4cccc(c4)CN(Cc4cccc(c4)N=P(c4ccccc4)(c4ccccc4)C2)Cc2cccc(c2)N=P(c2ccccc2)(c2ccccc2)C3)cc1. The molecule has 362 valence electrons. The van der Waals surface area contributed by atoms with Crippen LogP contribution in [0.25, 0.3) is 0 Å². The van der Waals surface area contributed by atoms with Crippen molar-refractivity contribution in [3.8, 4) is 0 Å². The fraction of sp³-hybridized carbons (Fsp3) is 0.104. The molecule has 0 radical (unpaired) electrons. The van der Waals surface area contributed by atoms with Gasteiger partial charge in [0.05, 0.1) is 17.1 Å². The molecule has 10 aromatic carbocycles. The molecule has 0 spiro atoms. The number of fused-ring (bicyclic) bond motifs is 3. The summed E-state index contributed by atoms with van der Waals surface area (Å²) in [6, 6.07) is 107. The number of benzene rings is 10. The van der Waals surface area contributed by atoms with Crippen LogP contribution in [-0.2, 0) is 25.0 Å². The third kappa shape index (κ3) is 9.61. The molecule has 0 atom stereocenters. The Morgan fingerprint density at radius 3 is 0.770 bits per heavy atom. The second-order valence-corrected chi connectivity index (χ2v) is 29.2. The summed E-state index contributed by atoms with van der Waals surface area (Å²) < 4.78 is 19.3. The van der Waals surface area contributed by atoms with Gasteiger partial charge >= 0.3 is 0 Å². The van der Waals surface area contributed by atoms with Crippen molar-refractivity contribution >= 4 is 70.1 Å². The lowest BCUT2D eigenvalue weighted by Gasteiger charge is -2.47. The molecule has 0 amide bonds. The molecule has 0 saturated carbocycles. The normalized spacial score (nSPS) is 18.8. The van der Waals surface area contributed by atoms with Crippen LogP contribution in [0.3, 0.4) is 0 Å². The molecule has 7 heteroatoms. The lowest BCUT2D eigenvalue weighted by Crippen LogP contribution is -2.45. The van der Waals surface area contributed by atoms with Gasteiger partial charge in [-0.25, -0.2) is 0 Å². The van der Waals surface area contributed by atoms with Crippen molar-refractivity contribution < 1.29 is 0 Å². The van der Waals surface area contributed by atoms with Crippen molar-refractivity contribution in [1.82, 2.24) is 4.90 Å². The molecule has 0 N–H and O–H groups in total. The Morgan fingerprint density at radius 2 is 0.514 bits per heavy atom. The average Bonchev–Trinajstić information content (AvgIpc) is 3.46. The Kier molecular flexibility index (Phi) is 13.6. The van der Waals surface area contributed by atoms with E-state index >= 15 is 0 Å². The summed E-state index contributed by atoms with van der Waals surface area (Å²) >= 11 is 0. The number of nitrogens with zero attached hydrogens (tertiary/aromatic N) is 4. The third-order valence-corrected chi connectivity index (χ3v) is 26.7. The minimum Gasteiger partial charge on any atom is -0.291 e. The van der Waals surface area contributed by atoms with E-state index in [0.717, 1.165) is 36.7 Å². The van der Waals surface area contributed by atoms with Crippen LogP contribution in [0.2, 0.25) is 0 Å². The highest BCUT2D eigenvalue weighted by Gasteiger charge is 2.49. The van der Waals surface area contributed by atoms with Crippen LogP contribution in [0.1, 0.15) is 22.3 Å². The minimum absolute atomic E-state index is 0.673. The summed E-state index contributed by atoms with van der Waals surface area (Å²) in [6.07, 6.45) is 2.13. The molecule has 8 bridgehead atoms. The van der Waals surface area contributed by atoms with E-state index in [-0.39, 0.29) is 0 Å². The first kappa shape index (κ1) is 47.8. The molecule has 0 unspecified atom stereocenters. The second kappa shape index (κ2) is 21.0. The predicted molar refractivity (Wildman–Crippen MR) is 318 cm³/mol. The van der Waals surface area contributed by atoms with E-state index < -0.39 is 26.6 Å². The summed E-state index contributed by atoms with van der Waals surface area (Å²) in [6.45, 7) is 2.20. The van der Waals surface area contributed by atoms with Crippen molar-refractivity contribution in [2.24, 2.45) is 14.2 Å². The zero-order valence-corrected chi connectivity index (χ0v) is 44.2. The highest BCUT2D eigenvalue weighted by molar-refractivity contribution is 7.83. The van der Waals surface area contributed by atoms with Gasteiger partial charge in [0, 0.05) is 64.7 Å². The fourth-order valence-electron chi connectivity index (χ4n) is 11.7. The lowest BCUT2D eigenvalue weighted by atomic mass is 9.86. The lowest BCUT2D eigenvalue weighted by molar-refractivity contribution is 0.248. The molecule has 10 aromatic rings. The van der Waals surface area contributed by atoms with Crippen LogP contribution in [0.15, 0.2) is 299 Å². The smallest absolute Gasteiger partial charge is 0.0624 e. The Hall–Kier alpha value is -7.15. The summed E-state index contributed by atoms with van der Waals surface area (Å²) in [5.74, 6) is 0. The first-order valence-electron chi connectivity index (χ1n) is 25.7. The molecule has 3 aliphatic heterocycles. The van der Waals surface area contributed by atoms with Gasteiger partial charge in [-0.15, -0.1) is 0 Å². The van der Waals surface area contributed by atoms with Crippen LogP contribution < -0.4 is 31.8 Å². The van der Waals surface area contributed by atoms with E-state index in [2.05, 4.69) is 290 Å². The van der Waals surface area contributed by atoms with E-state index in [9.17, 15) is 0 Å². The maximum Gasteiger partial charge on any atom is 0.0624 e. The van der Waals surface area contributed by atoms with Crippen LogP contribution in [0.4, 0.5) is 17.1 Å². The summed E-state index contributed by atoms with van der Waals surface area (Å²) in [5.41, 5.74) is 7.31. The summed E-state index contributed by atoms with van der Waals surface area (Å²) in [4.78, 5) is 2.58. The van der Waals surface area contributed by atoms with Crippen molar-refractivity contribution in [2.75, 3.05) is 18.5 Å². The molecule has 0 aliphatic carbocycles. The quantitative estimate of drug-likeness (QED) is 0.147. The Morgan fingerprint density at radius 1 is 0.270 bits per heavy atom. The van der Waals surface area contributed by atoms with Crippen molar-refractivity contribution in [1.29, 1.82) is 0 Å². The van der Waals surface area contributed by atoms with Gasteiger partial charge in [-0.3, -0.25) is 19.1 Å². The van der Waals surface area contributed by atoms with Gasteiger partial charge in [-0.05, 0) is 90.5 Å². The van der Waals surface area contributed by atoms with E-state index in [4.69, 9.17) is 14.2 Å². The predicted octanol–water partition coefficient (Wildman–Crippen LogP) is 15.3. The molecule has 4 nitrogen and oxygen atoms in total. The zero-order chi connectivity index (χ0) is 49.7. The van der Waals surface area contributed by atoms with Crippen molar-refractivity contribution in [3.63, 3.8) is 0 Å². The molecular formula is C67H59N4P3. The molecule has 0 saturated heterocycles. The van der Waals surface area contributed by atoms with E-state index in [1.165, 1.54) is 54.1 Å².